The van der Waals surface area contributed by atoms with Crippen LogP contribution in [0.5, 0.6) is 0 Å². The van der Waals surface area contributed by atoms with E-state index >= 15 is 0 Å². The summed E-state index contributed by atoms with van der Waals surface area (Å²) in [5, 5.41) is 0.679. The maximum atomic E-state index is 13.3. The van der Waals surface area contributed by atoms with Gasteiger partial charge in [-0.25, -0.2) is 4.39 Å². The van der Waals surface area contributed by atoms with Crippen molar-refractivity contribution >= 4 is 17.3 Å². The summed E-state index contributed by atoms with van der Waals surface area (Å²) in [6.45, 7) is 1.56. The Hall–Kier alpha value is -1.61. The van der Waals surface area contributed by atoms with Crippen molar-refractivity contribution in [3.05, 3.63) is 58.6 Å². The molecule has 0 aliphatic carbocycles. The smallest absolute Gasteiger partial charge is 0.125 e. The highest BCUT2D eigenvalue weighted by Gasteiger charge is 2.19. The van der Waals surface area contributed by atoms with Gasteiger partial charge in [0.25, 0.3) is 0 Å². The van der Waals surface area contributed by atoms with Crippen molar-refractivity contribution in [3.63, 3.8) is 0 Å². The molecule has 2 nitrogen and oxygen atoms in total. The van der Waals surface area contributed by atoms with Crippen molar-refractivity contribution in [2.75, 3.05) is 11.4 Å². The summed E-state index contributed by atoms with van der Waals surface area (Å²) in [6, 6.07) is 8.56. The lowest BCUT2D eigenvalue weighted by Gasteiger charge is -2.18. The summed E-state index contributed by atoms with van der Waals surface area (Å²) >= 11 is 5.94. The van der Waals surface area contributed by atoms with Crippen molar-refractivity contribution in [2.45, 2.75) is 13.0 Å². The van der Waals surface area contributed by atoms with Crippen LogP contribution in [0.3, 0.4) is 0 Å². The average molecular weight is 263 g/mol. The molecule has 2 aromatic rings. The van der Waals surface area contributed by atoms with Crippen LogP contribution in [0.25, 0.3) is 0 Å². The molecular formula is C14H12ClFN2. The second-order valence-electron chi connectivity index (χ2n) is 4.41. The van der Waals surface area contributed by atoms with E-state index in [0.717, 1.165) is 24.3 Å². The lowest BCUT2D eigenvalue weighted by atomic mass is 10.2. The van der Waals surface area contributed by atoms with Crippen LogP contribution in [0, 0.1) is 5.82 Å². The van der Waals surface area contributed by atoms with Crippen LogP contribution in [-0.2, 0) is 13.0 Å². The lowest BCUT2D eigenvalue weighted by Crippen LogP contribution is -2.20. The number of fused-ring (bicyclic) bond motifs is 1. The highest BCUT2D eigenvalue weighted by Crippen LogP contribution is 2.29. The van der Waals surface area contributed by atoms with Gasteiger partial charge in [-0.05, 0) is 36.2 Å². The minimum Gasteiger partial charge on any atom is -0.365 e. The lowest BCUT2D eigenvalue weighted by molar-refractivity contribution is 0.627. The van der Waals surface area contributed by atoms with Gasteiger partial charge in [0.15, 0.2) is 0 Å². The van der Waals surface area contributed by atoms with E-state index in [1.54, 1.807) is 18.3 Å². The molecule has 0 saturated carbocycles. The van der Waals surface area contributed by atoms with Gasteiger partial charge >= 0.3 is 0 Å². The van der Waals surface area contributed by atoms with Crippen LogP contribution >= 0.6 is 11.6 Å². The van der Waals surface area contributed by atoms with E-state index in [2.05, 4.69) is 9.88 Å². The van der Waals surface area contributed by atoms with Crippen molar-refractivity contribution in [3.8, 4) is 0 Å². The molecule has 1 aliphatic rings. The molecule has 18 heavy (non-hydrogen) atoms. The summed E-state index contributed by atoms with van der Waals surface area (Å²) in [5.41, 5.74) is 3.06. The van der Waals surface area contributed by atoms with Crippen molar-refractivity contribution in [1.82, 2.24) is 4.98 Å². The number of pyridine rings is 1. The summed E-state index contributed by atoms with van der Waals surface area (Å²) in [6.07, 6.45) is 2.65. The Morgan fingerprint density at radius 3 is 3.00 bits per heavy atom. The Morgan fingerprint density at radius 1 is 1.28 bits per heavy atom. The van der Waals surface area contributed by atoms with E-state index in [0.29, 0.717) is 11.6 Å². The SMILES string of the molecule is Fc1ccc2c(c1)N(Cc1cc(Cl)ccn1)CC2. The van der Waals surface area contributed by atoms with Crippen LogP contribution < -0.4 is 4.90 Å². The fourth-order valence-corrected chi connectivity index (χ4v) is 2.50. The maximum Gasteiger partial charge on any atom is 0.125 e. The number of anilines is 1. The molecule has 0 saturated heterocycles. The molecule has 1 aromatic heterocycles. The van der Waals surface area contributed by atoms with Gasteiger partial charge in [0.05, 0.1) is 12.2 Å². The first kappa shape index (κ1) is 11.5. The maximum absolute atomic E-state index is 13.3. The van der Waals surface area contributed by atoms with E-state index in [1.807, 2.05) is 12.1 Å². The van der Waals surface area contributed by atoms with Crippen molar-refractivity contribution < 1.29 is 4.39 Å². The molecule has 0 N–H and O–H groups in total. The van der Waals surface area contributed by atoms with Gasteiger partial charge in [0, 0.05) is 23.5 Å². The number of nitrogens with zero attached hydrogens (tertiary/aromatic N) is 2. The first-order valence-corrected chi connectivity index (χ1v) is 6.24. The zero-order chi connectivity index (χ0) is 12.5. The van der Waals surface area contributed by atoms with Gasteiger partial charge < -0.3 is 4.90 Å². The van der Waals surface area contributed by atoms with Crippen LogP contribution in [0.15, 0.2) is 36.5 Å². The van der Waals surface area contributed by atoms with Gasteiger partial charge in [0.2, 0.25) is 0 Å². The van der Waals surface area contributed by atoms with E-state index in [1.165, 1.54) is 11.6 Å². The zero-order valence-corrected chi connectivity index (χ0v) is 10.5. The fraction of sp³-hybridized carbons (Fsp3) is 0.214. The molecule has 1 aliphatic heterocycles. The van der Waals surface area contributed by atoms with Crippen molar-refractivity contribution in [2.24, 2.45) is 0 Å². The van der Waals surface area contributed by atoms with Gasteiger partial charge in [-0.15, -0.1) is 0 Å². The Bertz CT molecular complexity index is 586. The molecule has 0 unspecified atom stereocenters. The largest absolute Gasteiger partial charge is 0.365 e. The van der Waals surface area contributed by atoms with Crippen LogP contribution in [0.1, 0.15) is 11.3 Å². The highest BCUT2D eigenvalue weighted by molar-refractivity contribution is 6.30. The van der Waals surface area contributed by atoms with Crippen LogP contribution in [-0.4, -0.2) is 11.5 Å². The Labute approximate surface area is 110 Å². The number of halogens is 2. The van der Waals surface area contributed by atoms with E-state index in [-0.39, 0.29) is 5.82 Å². The van der Waals surface area contributed by atoms with E-state index in [4.69, 9.17) is 11.6 Å². The molecule has 0 fully saturated rings. The van der Waals surface area contributed by atoms with Gasteiger partial charge in [-0.3, -0.25) is 4.98 Å². The average Bonchev–Trinajstić information content (AvgIpc) is 2.72. The highest BCUT2D eigenvalue weighted by atomic mass is 35.5. The third-order valence-corrected chi connectivity index (χ3v) is 3.41. The molecule has 4 heteroatoms. The summed E-state index contributed by atoms with van der Waals surface area (Å²) in [4.78, 5) is 6.41. The molecule has 1 aromatic carbocycles. The Morgan fingerprint density at radius 2 is 2.17 bits per heavy atom. The fourth-order valence-electron chi connectivity index (χ4n) is 2.31. The monoisotopic (exact) mass is 262 g/mol. The van der Waals surface area contributed by atoms with Gasteiger partial charge in [-0.2, -0.15) is 0 Å². The molecule has 0 atom stereocenters. The number of rotatable bonds is 2. The van der Waals surface area contributed by atoms with Crippen molar-refractivity contribution in [1.29, 1.82) is 0 Å². The number of benzene rings is 1. The molecule has 0 radical (unpaired) electrons. The summed E-state index contributed by atoms with van der Waals surface area (Å²) in [5.74, 6) is -0.195. The van der Waals surface area contributed by atoms with E-state index < -0.39 is 0 Å². The molecule has 3 rings (SSSR count). The third kappa shape index (κ3) is 2.18. The molecule has 0 spiro atoms. The van der Waals surface area contributed by atoms with Gasteiger partial charge in [0.1, 0.15) is 5.82 Å². The molecule has 2 heterocycles. The predicted octanol–water partition coefficient (Wildman–Crippen LogP) is 3.44. The number of hydrogen-bond donors (Lipinski definition) is 0. The quantitative estimate of drug-likeness (QED) is 0.824. The van der Waals surface area contributed by atoms with E-state index in [9.17, 15) is 4.39 Å². The number of aromatic nitrogens is 1. The van der Waals surface area contributed by atoms with Gasteiger partial charge in [-0.1, -0.05) is 17.7 Å². The molecule has 0 amide bonds. The number of hydrogen-bond acceptors (Lipinski definition) is 2. The predicted molar refractivity (Wildman–Crippen MR) is 70.4 cm³/mol. The topological polar surface area (TPSA) is 16.1 Å². The third-order valence-electron chi connectivity index (χ3n) is 3.17. The molecule has 0 bridgehead atoms. The first-order chi connectivity index (χ1) is 8.72. The second kappa shape index (κ2) is 4.58. The van der Waals surface area contributed by atoms with Crippen LogP contribution in [0.4, 0.5) is 10.1 Å². The Kier molecular flexibility index (Phi) is 2.92. The first-order valence-electron chi connectivity index (χ1n) is 5.86. The Balaban J connectivity index is 1.86. The second-order valence-corrected chi connectivity index (χ2v) is 4.85. The zero-order valence-electron chi connectivity index (χ0n) is 9.74. The normalized spacial score (nSPS) is 13.8. The summed E-state index contributed by atoms with van der Waals surface area (Å²) in [7, 11) is 0. The van der Waals surface area contributed by atoms with Crippen LogP contribution in [0.2, 0.25) is 5.02 Å². The standard InChI is InChI=1S/C14H12ClFN2/c15-11-3-5-17-13(7-11)9-18-6-4-10-1-2-12(16)8-14(10)18/h1-3,5,7-8H,4,6,9H2. The minimum atomic E-state index is -0.195. The summed E-state index contributed by atoms with van der Waals surface area (Å²) < 4.78 is 13.3. The molecule has 92 valence electrons. The minimum absolute atomic E-state index is 0.195. The molecular weight excluding hydrogens is 251 g/mol.